The van der Waals surface area contributed by atoms with Crippen LogP contribution in [-0.2, 0) is 17.8 Å². The number of halogens is 4. The third-order valence-corrected chi connectivity index (χ3v) is 6.18. The summed E-state index contributed by atoms with van der Waals surface area (Å²) in [6.07, 6.45) is 0.0284. The van der Waals surface area contributed by atoms with Crippen LogP contribution in [-0.4, -0.2) is 28.2 Å². The lowest BCUT2D eigenvalue weighted by atomic mass is 9.77. The molecule has 5 atom stereocenters. The second-order valence-corrected chi connectivity index (χ2v) is 8.07. The summed E-state index contributed by atoms with van der Waals surface area (Å²) in [5.41, 5.74) is 7.72. The molecule has 0 saturated heterocycles. The lowest BCUT2D eigenvalue weighted by Crippen LogP contribution is -2.35. The number of rotatable bonds is 5. The van der Waals surface area contributed by atoms with E-state index in [0.29, 0.717) is 32.2 Å². The number of alkyl halides is 4. The Bertz CT molecular complexity index is 619. The highest BCUT2D eigenvalue weighted by atomic mass is 19.4. The highest BCUT2D eigenvalue weighted by Gasteiger charge is 2.38. The van der Waals surface area contributed by atoms with Gasteiger partial charge in [-0.3, -0.25) is 4.74 Å². The van der Waals surface area contributed by atoms with E-state index in [1.807, 2.05) is 11.5 Å². The second kappa shape index (κ2) is 8.47. The van der Waals surface area contributed by atoms with Crippen molar-refractivity contribution in [3.8, 4) is 0 Å². The molecular formula is C19H29F4N3O. The molecule has 0 spiro atoms. The van der Waals surface area contributed by atoms with Gasteiger partial charge in [0.25, 0.3) is 0 Å². The van der Waals surface area contributed by atoms with E-state index in [4.69, 9.17) is 5.73 Å². The van der Waals surface area contributed by atoms with Crippen LogP contribution in [0, 0.1) is 11.8 Å². The fraction of sp³-hybridized carbons (Fsp3) is 0.842. The molecule has 8 heteroatoms. The summed E-state index contributed by atoms with van der Waals surface area (Å²) < 4.78 is 58.1. The fourth-order valence-electron chi connectivity index (χ4n) is 4.81. The van der Waals surface area contributed by atoms with Crippen LogP contribution in [0.25, 0.3) is 0 Å². The van der Waals surface area contributed by atoms with Crippen LogP contribution in [0.5, 0.6) is 0 Å². The molecular weight excluding hydrogens is 362 g/mol. The highest BCUT2D eigenvalue weighted by molar-refractivity contribution is 5.20. The normalized spacial score (nSPS) is 32.6. The molecule has 3 rings (SSSR count). The summed E-state index contributed by atoms with van der Waals surface area (Å²) in [6.45, 7) is 2.73. The first kappa shape index (κ1) is 20.6. The third-order valence-electron chi connectivity index (χ3n) is 6.18. The van der Waals surface area contributed by atoms with Crippen molar-refractivity contribution in [3.05, 3.63) is 17.7 Å². The monoisotopic (exact) mass is 391 g/mol. The van der Waals surface area contributed by atoms with E-state index >= 15 is 0 Å². The van der Waals surface area contributed by atoms with E-state index in [1.165, 1.54) is 0 Å². The lowest BCUT2D eigenvalue weighted by Gasteiger charge is -2.33. The Morgan fingerprint density at radius 3 is 2.63 bits per heavy atom. The van der Waals surface area contributed by atoms with E-state index in [0.717, 1.165) is 30.7 Å². The third kappa shape index (κ3) is 5.02. The Balaban J connectivity index is 1.76. The van der Waals surface area contributed by atoms with Crippen molar-refractivity contribution in [1.82, 2.24) is 9.55 Å². The Kier molecular flexibility index (Phi) is 6.46. The maximum Gasteiger partial charge on any atom is 0.522 e. The number of nitrogens with two attached hydrogens (primary N) is 1. The molecule has 1 aromatic rings. The zero-order valence-corrected chi connectivity index (χ0v) is 15.7. The van der Waals surface area contributed by atoms with Gasteiger partial charge >= 0.3 is 6.36 Å². The van der Waals surface area contributed by atoms with Crippen molar-refractivity contribution in [3.63, 3.8) is 0 Å². The molecule has 0 bridgehead atoms. The molecule has 0 aromatic carbocycles. The minimum atomic E-state index is -4.61. The Labute approximate surface area is 157 Å². The van der Waals surface area contributed by atoms with Crippen LogP contribution in [0.1, 0.15) is 69.2 Å². The summed E-state index contributed by atoms with van der Waals surface area (Å²) in [5, 5.41) is 0. The molecule has 154 valence electrons. The van der Waals surface area contributed by atoms with E-state index in [2.05, 4.69) is 9.72 Å². The number of aromatic nitrogens is 2. The molecule has 2 N–H and O–H groups in total. The zero-order chi connectivity index (χ0) is 19.6. The quantitative estimate of drug-likeness (QED) is 0.742. The van der Waals surface area contributed by atoms with Gasteiger partial charge in [-0.1, -0.05) is 19.8 Å². The molecule has 5 unspecified atom stereocenters. The molecule has 0 radical (unpaired) electrons. The van der Waals surface area contributed by atoms with E-state index in [1.54, 1.807) is 6.33 Å². The maximum atomic E-state index is 13.6. The number of imidazole rings is 1. The van der Waals surface area contributed by atoms with Crippen molar-refractivity contribution >= 4 is 0 Å². The highest BCUT2D eigenvalue weighted by Crippen LogP contribution is 2.40. The zero-order valence-electron chi connectivity index (χ0n) is 15.7. The van der Waals surface area contributed by atoms with Gasteiger partial charge in [-0.05, 0) is 38.0 Å². The minimum Gasteiger partial charge on any atom is -0.333 e. The van der Waals surface area contributed by atoms with Crippen LogP contribution >= 0.6 is 0 Å². The van der Waals surface area contributed by atoms with Crippen LogP contribution in [0.4, 0.5) is 17.6 Å². The van der Waals surface area contributed by atoms with Gasteiger partial charge in [0, 0.05) is 24.9 Å². The van der Waals surface area contributed by atoms with Gasteiger partial charge in [0.2, 0.25) is 0 Å². The van der Waals surface area contributed by atoms with Gasteiger partial charge in [-0.15, -0.1) is 13.2 Å². The van der Waals surface area contributed by atoms with Gasteiger partial charge in [0.05, 0.1) is 23.8 Å². The molecule has 27 heavy (non-hydrogen) atoms. The van der Waals surface area contributed by atoms with Crippen molar-refractivity contribution in [2.24, 2.45) is 17.6 Å². The number of hydrogen-bond acceptors (Lipinski definition) is 3. The smallest absolute Gasteiger partial charge is 0.333 e. The predicted octanol–water partition coefficient (Wildman–Crippen LogP) is 4.68. The van der Waals surface area contributed by atoms with Crippen molar-refractivity contribution in [2.75, 3.05) is 0 Å². The largest absolute Gasteiger partial charge is 0.522 e. The lowest BCUT2D eigenvalue weighted by molar-refractivity contribution is -0.351. The average molecular weight is 391 g/mol. The SMILES string of the molecule is CC1CC(F)CCC1c1ncn(CC2CCCCC2OC(F)(F)F)c1CN. The van der Waals surface area contributed by atoms with Crippen LogP contribution < -0.4 is 5.73 Å². The van der Waals surface area contributed by atoms with Gasteiger partial charge < -0.3 is 10.3 Å². The fourth-order valence-corrected chi connectivity index (χ4v) is 4.81. The summed E-state index contributed by atoms with van der Waals surface area (Å²) >= 11 is 0. The second-order valence-electron chi connectivity index (χ2n) is 8.07. The Morgan fingerprint density at radius 1 is 1.22 bits per heavy atom. The maximum absolute atomic E-state index is 13.6. The summed E-state index contributed by atoms with van der Waals surface area (Å²) in [5.74, 6) is 0.121. The van der Waals surface area contributed by atoms with Gasteiger partial charge in [-0.25, -0.2) is 9.37 Å². The van der Waals surface area contributed by atoms with Gasteiger partial charge in [0.1, 0.15) is 6.17 Å². The first-order chi connectivity index (χ1) is 12.8. The molecule has 4 nitrogen and oxygen atoms in total. The Morgan fingerprint density at radius 2 is 1.96 bits per heavy atom. The van der Waals surface area contributed by atoms with E-state index in [9.17, 15) is 17.6 Å². The number of hydrogen-bond donors (Lipinski definition) is 1. The number of ether oxygens (including phenoxy) is 1. The molecule has 2 saturated carbocycles. The molecule has 2 aliphatic rings. The first-order valence-electron chi connectivity index (χ1n) is 9.91. The van der Waals surface area contributed by atoms with Crippen molar-refractivity contribution in [1.29, 1.82) is 0 Å². The standard InChI is InChI=1S/C19H29F4N3O/c1-12-8-14(20)6-7-15(12)18-16(9-24)26(11-25-18)10-13-4-2-3-5-17(13)27-19(21,22)23/h11-15,17H,2-10,24H2,1H3. The topological polar surface area (TPSA) is 53.1 Å². The van der Waals surface area contributed by atoms with Crippen LogP contribution in [0.15, 0.2) is 6.33 Å². The Hall–Kier alpha value is -1.15. The van der Waals surface area contributed by atoms with Crippen molar-refractivity contribution < 1.29 is 22.3 Å². The summed E-state index contributed by atoms with van der Waals surface area (Å²) in [6, 6.07) is 0. The molecule has 0 aliphatic heterocycles. The molecule has 1 aromatic heterocycles. The molecule has 2 aliphatic carbocycles. The first-order valence-corrected chi connectivity index (χ1v) is 9.91. The summed E-state index contributed by atoms with van der Waals surface area (Å²) in [7, 11) is 0. The van der Waals surface area contributed by atoms with Gasteiger partial charge in [0.15, 0.2) is 0 Å². The van der Waals surface area contributed by atoms with Gasteiger partial charge in [-0.2, -0.15) is 0 Å². The molecule has 0 amide bonds. The predicted molar refractivity (Wildman–Crippen MR) is 93.7 cm³/mol. The van der Waals surface area contributed by atoms with E-state index < -0.39 is 18.6 Å². The van der Waals surface area contributed by atoms with Crippen molar-refractivity contribution in [2.45, 2.75) is 89.5 Å². The molecule has 1 heterocycles. The summed E-state index contributed by atoms with van der Waals surface area (Å²) in [4.78, 5) is 4.55. The van der Waals surface area contributed by atoms with Crippen LogP contribution in [0.3, 0.4) is 0 Å². The van der Waals surface area contributed by atoms with E-state index in [-0.39, 0.29) is 24.3 Å². The molecule has 2 fully saturated rings. The van der Waals surface area contributed by atoms with Crippen LogP contribution in [0.2, 0.25) is 0 Å². The average Bonchev–Trinajstić information content (AvgIpc) is 2.98. The minimum absolute atomic E-state index is 0.158. The number of nitrogens with zero attached hydrogens (tertiary/aromatic N) is 2.